The van der Waals surface area contributed by atoms with Crippen LogP contribution < -0.4 is 10.6 Å². The number of β-amino-alcohol motifs (C(OH)–C–C–N with tert-alkyl or cyclic N) is 1. The van der Waals surface area contributed by atoms with Crippen molar-refractivity contribution in [3.8, 4) is 0 Å². The van der Waals surface area contributed by atoms with E-state index in [2.05, 4.69) is 35.5 Å². The highest BCUT2D eigenvalue weighted by Gasteiger charge is 2.34. The fourth-order valence-electron chi connectivity index (χ4n) is 4.50. The van der Waals surface area contributed by atoms with Gasteiger partial charge < -0.3 is 15.2 Å². The van der Waals surface area contributed by atoms with Crippen LogP contribution in [0.3, 0.4) is 0 Å². The molecule has 0 atom stereocenters. The molecule has 0 saturated carbocycles. The molecule has 1 heterocycles. The van der Waals surface area contributed by atoms with Gasteiger partial charge >= 0.3 is 6.09 Å². The molecule has 2 aromatic rings. The van der Waals surface area contributed by atoms with Crippen molar-refractivity contribution in [2.45, 2.75) is 78.0 Å². The molecular formula is C30H41N3O4. The number of anilines is 2. The molecule has 0 radical (unpaired) electrons. The van der Waals surface area contributed by atoms with E-state index in [-0.39, 0.29) is 11.4 Å². The molecule has 37 heavy (non-hydrogen) atoms. The van der Waals surface area contributed by atoms with Crippen LogP contribution in [0, 0.1) is 0 Å². The molecule has 1 saturated heterocycles. The van der Waals surface area contributed by atoms with E-state index in [1.54, 1.807) is 57.2 Å². The van der Waals surface area contributed by atoms with Crippen LogP contribution in [0.2, 0.25) is 0 Å². The van der Waals surface area contributed by atoms with Gasteiger partial charge in [0.15, 0.2) is 0 Å². The van der Waals surface area contributed by atoms with Crippen molar-refractivity contribution in [2.75, 3.05) is 23.7 Å². The van der Waals surface area contributed by atoms with E-state index < -0.39 is 17.3 Å². The summed E-state index contributed by atoms with van der Waals surface area (Å²) in [7, 11) is 0. The predicted octanol–water partition coefficient (Wildman–Crippen LogP) is 6.31. The van der Waals surface area contributed by atoms with Gasteiger partial charge in [0, 0.05) is 24.2 Å². The number of piperidine rings is 1. The van der Waals surface area contributed by atoms with Crippen molar-refractivity contribution >= 4 is 29.5 Å². The topological polar surface area (TPSA) is 90.9 Å². The summed E-state index contributed by atoms with van der Waals surface area (Å²) >= 11 is 0. The van der Waals surface area contributed by atoms with Gasteiger partial charge in [0.05, 0.1) is 17.0 Å². The molecule has 7 nitrogen and oxygen atoms in total. The van der Waals surface area contributed by atoms with Gasteiger partial charge in [-0.3, -0.25) is 15.0 Å². The first-order valence-corrected chi connectivity index (χ1v) is 12.8. The average Bonchev–Trinajstić information content (AvgIpc) is 2.75. The van der Waals surface area contributed by atoms with E-state index in [1.807, 2.05) is 26.0 Å². The first-order valence-electron chi connectivity index (χ1n) is 12.8. The van der Waals surface area contributed by atoms with Crippen molar-refractivity contribution in [3.63, 3.8) is 0 Å². The third kappa shape index (κ3) is 8.72. The quantitative estimate of drug-likeness (QED) is 0.426. The molecule has 0 aliphatic carbocycles. The van der Waals surface area contributed by atoms with Gasteiger partial charge in [0.25, 0.3) is 5.91 Å². The number of nitrogens with one attached hydrogen (secondary N) is 2. The number of ether oxygens (including phenoxy) is 1. The minimum atomic E-state index is -0.721. The van der Waals surface area contributed by atoms with Crippen molar-refractivity contribution in [3.05, 3.63) is 65.2 Å². The summed E-state index contributed by atoms with van der Waals surface area (Å²) in [5.74, 6) is -0.265. The highest BCUT2D eigenvalue weighted by atomic mass is 16.6. The lowest BCUT2D eigenvalue weighted by atomic mass is 9.85. The number of carbonyl (C=O) groups excluding carboxylic acids is 2. The Balaban J connectivity index is 1.65. The summed E-state index contributed by atoms with van der Waals surface area (Å²) in [6.07, 6.45) is 3.49. The van der Waals surface area contributed by atoms with Gasteiger partial charge in [-0.15, -0.1) is 0 Å². The van der Waals surface area contributed by atoms with Gasteiger partial charge in [-0.2, -0.15) is 0 Å². The molecular weight excluding hydrogens is 466 g/mol. The van der Waals surface area contributed by atoms with Crippen molar-refractivity contribution in [2.24, 2.45) is 0 Å². The monoisotopic (exact) mass is 507 g/mol. The van der Waals surface area contributed by atoms with Crippen LogP contribution in [-0.4, -0.2) is 51.8 Å². The maximum Gasteiger partial charge on any atom is 0.412 e. The van der Waals surface area contributed by atoms with Crippen molar-refractivity contribution in [1.29, 1.82) is 0 Å². The molecule has 3 N–H and O–H groups in total. The molecule has 200 valence electrons. The molecule has 0 unspecified atom stereocenters. The van der Waals surface area contributed by atoms with Crippen LogP contribution >= 0.6 is 0 Å². The molecule has 0 bridgehead atoms. The van der Waals surface area contributed by atoms with Gasteiger partial charge in [0.2, 0.25) is 0 Å². The summed E-state index contributed by atoms with van der Waals surface area (Å²) in [4.78, 5) is 27.5. The van der Waals surface area contributed by atoms with E-state index >= 15 is 0 Å². The second kappa shape index (κ2) is 11.1. The zero-order valence-corrected chi connectivity index (χ0v) is 23.1. The predicted molar refractivity (Wildman–Crippen MR) is 150 cm³/mol. The van der Waals surface area contributed by atoms with Crippen LogP contribution in [0.5, 0.6) is 0 Å². The molecule has 1 fully saturated rings. The number of hydrogen-bond acceptors (Lipinski definition) is 5. The molecule has 1 aliphatic heterocycles. The number of hydrogen-bond donors (Lipinski definition) is 3. The molecule has 0 aromatic heterocycles. The van der Waals surface area contributed by atoms with Crippen LogP contribution in [0.25, 0.3) is 6.08 Å². The highest BCUT2D eigenvalue weighted by molar-refractivity contribution is 6.07. The number of amides is 2. The fraction of sp³-hybridized carbons (Fsp3) is 0.467. The van der Waals surface area contributed by atoms with Crippen LogP contribution in [0.1, 0.15) is 77.2 Å². The lowest BCUT2D eigenvalue weighted by Crippen LogP contribution is -2.53. The maximum absolute atomic E-state index is 12.9. The Hall–Kier alpha value is -3.16. The molecule has 7 heteroatoms. The Morgan fingerprint density at radius 2 is 1.59 bits per heavy atom. The van der Waals surface area contributed by atoms with Crippen LogP contribution in [0.15, 0.2) is 54.1 Å². The Bertz CT molecular complexity index is 1140. The first-order chi connectivity index (χ1) is 17.1. The number of para-hydroxylation sites is 2. The lowest BCUT2D eigenvalue weighted by Gasteiger charge is -2.45. The zero-order valence-electron chi connectivity index (χ0n) is 23.1. The first kappa shape index (κ1) is 28.4. The molecule has 2 aromatic carbocycles. The second-order valence-corrected chi connectivity index (χ2v) is 12.0. The van der Waals surface area contributed by atoms with E-state index in [0.717, 1.165) is 24.9 Å². The average molecular weight is 508 g/mol. The normalized spacial score (nSPS) is 17.4. The number of nitrogens with zero attached hydrogens (tertiary/aromatic N) is 1. The fourth-order valence-corrected chi connectivity index (χ4v) is 4.50. The third-order valence-electron chi connectivity index (χ3n) is 6.15. The van der Waals surface area contributed by atoms with E-state index in [4.69, 9.17) is 4.74 Å². The largest absolute Gasteiger partial charge is 0.444 e. The van der Waals surface area contributed by atoms with Gasteiger partial charge in [-0.05, 0) is 91.1 Å². The van der Waals surface area contributed by atoms with E-state index in [0.29, 0.717) is 23.5 Å². The van der Waals surface area contributed by atoms with Gasteiger partial charge in [-0.1, -0.05) is 35.9 Å². The van der Waals surface area contributed by atoms with Crippen LogP contribution in [0.4, 0.5) is 16.2 Å². The highest BCUT2D eigenvalue weighted by Crippen LogP contribution is 2.33. The Morgan fingerprint density at radius 3 is 2.14 bits per heavy atom. The SMILES string of the molecule is CC(C)(O)CN1CCC(=Cc2ccc(C(=O)Nc3ccccc3NC(=O)OC(C)(C)C)cc2)CC1(C)C. The van der Waals surface area contributed by atoms with Gasteiger partial charge in [0.1, 0.15) is 5.60 Å². The van der Waals surface area contributed by atoms with Gasteiger partial charge in [-0.25, -0.2) is 4.79 Å². The second-order valence-electron chi connectivity index (χ2n) is 12.0. The zero-order chi connectivity index (χ0) is 27.4. The summed E-state index contributed by atoms with van der Waals surface area (Å²) < 4.78 is 5.32. The molecule has 1 aliphatic rings. The van der Waals surface area contributed by atoms with Crippen LogP contribution in [-0.2, 0) is 4.74 Å². The standard InChI is InChI=1S/C30H41N3O4/c1-28(2,3)37-27(35)32-25-11-9-8-10-24(25)31-26(34)23-14-12-21(13-15-23)18-22-16-17-33(20-30(6,7)36)29(4,5)19-22/h8-15,18,36H,16-17,19-20H2,1-7H3,(H,31,34)(H,32,35). The summed E-state index contributed by atoms with van der Waals surface area (Å²) in [6, 6.07) is 14.5. The number of carbonyl (C=O) groups is 2. The number of likely N-dealkylation sites (tertiary alicyclic amines) is 1. The maximum atomic E-state index is 12.9. The summed E-state index contributed by atoms with van der Waals surface area (Å²) in [5, 5.41) is 15.8. The van der Waals surface area contributed by atoms with Crippen molar-refractivity contribution < 1.29 is 19.4 Å². The molecule has 2 amide bonds. The Morgan fingerprint density at radius 1 is 1.00 bits per heavy atom. The minimum Gasteiger partial charge on any atom is -0.444 e. The number of benzene rings is 2. The Labute approximate surface area is 220 Å². The molecule has 3 rings (SSSR count). The third-order valence-corrected chi connectivity index (χ3v) is 6.15. The molecule has 0 spiro atoms. The number of aliphatic hydroxyl groups is 1. The number of rotatable bonds is 6. The van der Waals surface area contributed by atoms with E-state index in [1.165, 1.54) is 5.57 Å². The van der Waals surface area contributed by atoms with E-state index in [9.17, 15) is 14.7 Å². The lowest BCUT2D eigenvalue weighted by molar-refractivity contribution is -0.00837. The summed E-state index contributed by atoms with van der Waals surface area (Å²) in [6.45, 7) is 15.1. The summed E-state index contributed by atoms with van der Waals surface area (Å²) in [5.41, 5.74) is 2.50. The Kier molecular flexibility index (Phi) is 8.50. The smallest absolute Gasteiger partial charge is 0.412 e. The van der Waals surface area contributed by atoms with Crippen molar-refractivity contribution in [1.82, 2.24) is 4.90 Å². The minimum absolute atomic E-state index is 0.0371.